The minimum Gasteiger partial charge on any atom is -0.385 e. The molecule has 0 fully saturated rings. The highest BCUT2D eigenvalue weighted by atomic mass is 16.5. The average molecular weight is 262 g/mol. The van der Waals surface area contributed by atoms with Gasteiger partial charge in [-0.2, -0.15) is 0 Å². The van der Waals surface area contributed by atoms with Crippen LogP contribution in [0.15, 0.2) is 24.3 Å². The molecule has 19 heavy (non-hydrogen) atoms. The lowest BCUT2D eigenvalue weighted by Crippen LogP contribution is -2.32. The van der Waals surface area contributed by atoms with Gasteiger partial charge < -0.3 is 15.0 Å². The summed E-state index contributed by atoms with van der Waals surface area (Å²) in [5, 5.41) is 3.27. The first kappa shape index (κ1) is 14.0. The summed E-state index contributed by atoms with van der Waals surface area (Å²) in [6, 6.07) is 8.16. The van der Waals surface area contributed by atoms with E-state index in [2.05, 4.69) is 11.4 Å². The summed E-state index contributed by atoms with van der Waals surface area (Å²) < 4.78 is 4.97. The third kappa shape index (κ3) is 3.78. The summed E-state index contributed by atoms with van der Waals surface area (Å²) in [5.41, 5.74) is 2.37. The van der Waals surface area contributed by atoms with Crippen molar-refractivity contribution in [2.24, 2.45) is 0 Å². The van der Waals surface area contributed by atoms with E-state index in [1.807, 2.05) is 23.1 Å². The number of nitrogens with zero attached hydrogens (tertiary/aromatic N) is 1. The fraction of sp³-hybridized carbons (Fsp3) is 0.533. The Labute approximate surface area is 114 Å². The van der Waals surface area contributed by atoms with Crippen LogP contribution in [0.1, 0.15) is 18.4 Å². The van der Waals surface area contributed by atoms with E-state index in [0.717, 1.165) is 44.8 Å². The first-order chi connectivity index (χ1) is 9.33. The van der Waals surface area contributed by atoms with Crippen molar-refractivity contribution in [1.82, 2.24) is 5.32 Å². The van der Waals surface area contributed by atoms with Gasteiger partial charge in [-0.05, 0) is 31.0 Å². The summed E-state index contributed by atoms with van der Waals surface area (Å²) in [7, 11) is 1.70. The average Bonchev–Trinajstić information content (AvgIpc) is 2.86. The smallest absolute Gasteiger partial charge is 0.228 e. The van der Waals surface area contributed by atoms with Gasteiger partial charge in [-0.25, -0.2) is 0 Å². The molecule has 4 heteroatoms. The van der Waals surface area contributed by atoms with Crippen molar-refractivity contribution in [1.29, 1.82) is 0 Å². The number of para-hydroxylation sites is 1. The fourth-order valence-corrected chi connectivity index (χ4v) is 2.39. The molecular formula is C15H22N2O2. The molecule has 1 heterocycles. The molecule has 1 amide bonds. The molecule has 0 aromatic heterocycles. The van der Waals surface area contributed by atoms with E-state index in [9.17, 15) is 4.79 Å². The number of fused-ring (bicyclic) bond motifs is 1. The number of benzene rings is 1. The van der Waals surface area contributed by atoms with Crippen molar-refractivity contribution >= 4 is 11.6 Å². The summed E-state index contributed by atoms with van der Waals surface area (Å²) in [6.45, 7) is 3.22. The van der Waals surface area contributed by atoms with Crippen LogP contribution in [0, 0.1) is 0 Å². The largest absolute Gasteiger partial charge is 0.385 e. The topological polar surface area (TPSA) is 41.6 Å². The summed E-state index contributed by atoms with van der Waals surface area (Å²) in [4.78, 5) is 14.1. The van der Waals surface area contributed by atoms with Crippen molar-refractivity contribution in [3.05, 3.63) is 29.8 Å². The summed E-state index contributed by atoms with van der Waals surface area (Å²) >= 11 is 0. The maximum Gasteiger partial charge on any atom is 0.228 e. The number of hydrogen-bond donors (Lipinski definition) is 1. The lowest BCUT2D eigenvalue weighted by Gasteiger charge is -2.17. The maximum atomic E-state index is 12.2. The molecule has 2 rings (SSSR count). The molecular weight excluding hydrogens is 240 g/mol. The molecule has 1 N–H and O–H groups in total. The van der Waals surface area contributed by atoms with Gasteiger partial charge in [-0.3, -0.25) is 4.79 Å². The Morgan fingerprint density at radius 2 is 2.21 bits per heavy atom. The van der Waals surface area contributed by atoms with Gasteiger partial charge in [0.05, 0.1) is 0 Å². The standard InChI is InChI=1S/C15H22N2O2/c1-19-12-4-9-16-10-7-15(18)17-11-8-13-5-2-3-6-14(13)17/h2-3,5-6,16H,4,7-12H2,1H3. The van der Waals surface area contributed by atoms with E-state index >= 15 is 0 Å². The van der Waals surface area contributed by atoms with E-state index < -0.39 is 0 Å². The highest BCUT2D eigenvalue weighted by molar-refractivity contribution is 5.95. The zero-order valence-corrected chi connectivity index (χ0v) is 11.5. The lowest BCUT2D eigenvalue weighted by molar-refractivity contribution is -0.118. The minimum absolute atomic E-state index is 0.212. The lowest BCUT2D eigenvalue weighted by atomic mass is 10.2. The molecule has 1 aliphatic heterocycles. The monoisotopic (exact) mass is 262 g/mol. The number of nitrogens with one attached hydrogen (secondary N) is 1. The van der Waals surface area contributed by atoms with Crippen molar-refractivity contribution < 1.29 is 9.53 Å². The van der Waals surface area contributed by atoms with Crippen LogP contribution in [0.2, 0.25) is 0 Å². The van der Waals surface area contributed by atoms with E-state index in [1.165, 1.54) is 5.56 Å². The quantitative estimate of drug-likeness (QED) is 0.759. The highest BCUT2D eigenvalue weighted by Crippen LogP contribution is 2.27. The molecule has 1 aromatic carbocycles. The number of ether oxygens (including phenoxy) is 1. The molecule has 0 saturated heterocycles. The predicted octanol–water partition coefficient (Wildman–Crippen LogP) is 1.59. The summed E-state index contributed by atoms with van der Waals surface area (Å²) in [5.74, 6) is 0.212. The fourth-order valence-electron chi connectivity index (χ4n) is 2.39. The molecule has 0 saturated carbocycles. The van der Waals surface area contributed by atoms with Gasteiger partial charge in [-0.15, -0.1) is 0 Å². The number of rotatable bonds is 7. The predicted molar refractivity (Wildman–Crippen MR) is 76.5 cm³/mol. The molecule has 0 unspecified atom stereocenters. The van der Waals surface area contributed by atoms with Crippen LogP contribution < -0.4 is 10.2 Å². The Kier molecular flexibility index (Phi) is 5.36. The van der Waals surface area contributed by atoms with Crippen LogP contribution in [0.5, 0.6) is 0 Å². The second-order valence-corrected chi connectivity index (χ2v) is 4.77. The molecule has 0 bridgehead atoms. The van der Waals surface area contributed by atoms with Crippen molar-refractivity contribution in [3.8, 4) is 0 Å². The number of hydrogen-bond acceptors (Lipinski definition) is 3. The van der Waals surface area contributed by atoms with Gasteiger partial charge in [0.15, 0.2) is 0 Å². The Balaban J connectivity index is 1.73. The summed E-state index contributed by atoms with van der Waals surface area (Å²) in [6.07, 6.45) is 2.52. The van der Waals surface area contributed by atoms with Crippen molar-refractivity contribution in [2.45, 2.75) is 19.3 Å². The van der Waals surface area contributed by atoms with Crippen LogP contribution in [0.25, 0.3) is 0 Å². The Hall–Kier alpha value is -1.39. The third-order valence-electron chi connectivity index (χ3n) is 3.41. The second-order valence-electron chi connectivity index (χ2n) is 4.77. The van der Waals surface area contributed by atoms with Gasteiger partial charge in [0.1, 0.15) is 0 Å². The van der Waals surface area contributed by atoms with Crippen LogP contribution in [-0.4, -0.2) is 39.3 Å². The number of anilines is 1. The first-order valence-electron chi connectivity index (χ1n) is 6.91. The minimum atomic E-state index is 0.212. The van der Waals surface area contributed by atoms with E-state index in [1.54, 1.807) is 7.11 Å². The van der Waals surface area contributed by atoms with Crippen LogP contribution >= 0.6 is 0 Å². The van der Waals surface area contributed by atoms with Gasteiger partial charge in [-0.1, -0.05) is 18.2 Å². The van der Waals surface area contributed by atoms with E-state index in [-0.39, 0.29) is 5.91 Å². The highest BCUT2D eigenvalue weighted by Gasteiger charge is 2.23. The molecule has 4 nitrogen and oxygen atoms in total. The maximum absolute atomic E-state index is 12.2. The first-order valence-corrected chi connectivity index (χ1v) is 6.91. The molecule has 0 aliphatic carbocycles. The van der Waals surface area contributed by atoms with Gasteiger partial charge >= 0.3 is 0 Å². The van der Waals surface area contributed by atoms with Crippen molar-refractivity contribution in [3.63, 3.8) is 0 Å². The number of carbonyl (C=O) groups excluding carboxylic acids is 1. The Bertz CT molecular complexity index is 420. The molecule has 0 spiro atoms. The van der Waals surface area contributed by atoms with Crippen LogP contribution in [0.3, 0.4) is 0 Å². The second kappa shape index (κ2) is 7.26. The molecule has 104 valence electrons. The number of amides is 1. The normalized spacial score (nSPS) is 13.6. The SMILES string of the molecule is COCCCNCCC(=O)N1CCc2ccccc21. The molecule has 0 atom stereocenters. The third-order valence-corrected chi connectivity index (χ3v) is 3.41. The van der Waals surface area contributed by atoms with E-state index in [0.29, 0.717) is 6.42 Å². The van der Waals surface area contributed by atoms with Gasteiger partial charge in [0.2, 0.25) is 5.91 Å². The molecule has 1 aliphatic rings. The van der Waals surface area contributed by atoms with Gasteiger partial charge in [0, 0.05) is 38.9 Å². The number of methoxy groups -OCH3 is 1. The van der Waals surface area contributed by atoms with Crippen LogP contribution in [0.4, 0.5) is 5.69 Å². The van der Waals surface area contributed by atoms with Gasteiger partial charge in [0.25, 0.3) is 0 Å². The Morgan fingerprint density at radius 1 is 1.37 bits per heavy atom. The Morgan fingerprint density at radius 3 is 3.05 bits per heavy atom. The number of carbonyl (C=O) groups is 1. The zero-order chi connectivity index (χ0) is 13.5. The van der Waals surface area contributed by atoms with Crippen molar-refractivity contribution in [2.75, 3.05) is 38.3 Å². The van der Waals surface area contributed by atoms with E-state index in [4.69, 9.17) is 4.74 Å². The molecule has 0 radical (unpaired) electrons. The molecule has 1 aromatic rings. The zero-order valence-electron chi connectivity index (χ0n) is 11.5. The van der Waals surface area contributed by atoms with Crippen LogP contribution in [-0.2, 0) is 16.0 Å².